The summed E-state index contributed by atoms with van der Waals surface area (Å²) in [6, 6.07) is 6.48. The quantitative estimate of drug-likeness (QED) is 0.482. The van der Waals surface area contributed by atoms with Crippen LogP contribution in [0.5, 0.6) is 5.75 Å². The average molecular weight is 247 g/mol. The van der Waals surface area contributed by atoms with Gasteiger partial charge in [0.25, 0.3) is 5.91 Å². The second-order valence-electron chi connectivity index (χ2n) is 3.52. The van der Waals surface area contributed by atoms with Crippen LogP contribution in [0, 0.1) is 0 Å². The monoisotopic (exact) mass is 247 g/mol. The molecule has 6 nitrogen and oxygen atoms in total. The second kappa shape index (κ2) is 4.70. The number of benzene rings is 1. The van der Waals surface area contributed by atoms with Gasteiger partial charge >= 0.3 is 12.1 Å². The third-order valence-electron chi connectivity index (χ3n) is 2.06. The van der Waals surface area contributed by atoms with Crippen LogP contribution in [0.2, 0.25) is 0 Å². The lowest BCUT2D eigenvalue weighted by Gasteiger charge is -2.01. The maximum Gasteiger partial charge on any atom is 0.419 e. The third kappa shape index (κ3) is 2.73. The van der Waals surface area contributed by atoms with Crippen molar-refractivity contribution < 1.29 is 23.9 Å². The van der Waals surface area contributed by atoms with E-state index in [1.54, 1.807) is 24.3 Å². The molecule has 1 N–H and O–H groups in total. The summed E-state index contributed by atoms with van der Waals surface area (Å²) in [5, 5.41) is 1.98. The minimum Gasteiger partial charge on any atom is -0.427 e. The Bertz CT molecular complexity index is 561. The van der Waals surface area contributed by atoms with Gasteiger partial charge in [0.05, 0.1) is 0 Å². The number of amides is 2. The predicted octanol–water partition coefficient (Wildman–Crippen LogP) is 1.22. The zero-order valence-electron chi connectivity index (χ0n) is 9.43. The minimum atomic E-state index is -0.803. The van der Waals surface area contributed by atoms with Crippen LogP contribution in [0.15, 0.2) is 30.0 Å². The number of alkyl carbamates (subject to hydrolysis) is 1. The topological polar surface area (TPSA) is 81.7 Å². The van der Waals surface area contributed by atoms with Gasteiger partial charge in [-0.3, -0.25) is 14.9 Å². The van der Waals surface area contributed by atoms with Crippen LogP contribution in [-0.4, -0.2) is 18.0 Å². The molecule has 0 unspecified atom stereocenters. The largest absolute Gasteiger partial charge is 0.427 e. The van der Waals surface area contributed by atoms with Crippen LogP contribution in [0.1, 0.15) is 12.5 Å². The first kappa shape index (κ1) is 11.8. The van der Waals surface area contributed by atoms with Gasteiger partial charge in [-0.15, -0.1) is 0 Å². The standard InChI is InChI=1S/C12H9NO5/c1-7(14)17-9-4-2-3-8(5-9)6-10-11(15)13-12(16)18-10/h2-6H,1H3,(H,13,15,16). The Morgan fingerprint density at radius 3 is 2.78 bits per heavy atom. The first-order valence-corrected chi connectivity index (χ1v) is 5.08. The summed E-state index contributed by atoms with van der Waals surface area (Å²) in [5.74, 6) is -0.788. The number of imide groups is 1. The molecule has 1 saturated heterocycles. The van der Waals surface area contributed by atoms with E-state index in [-0.39, 0.29) is 5.76 Å². The number of ether oxygens (including phenoxy) is 2. The molecule has 0 saturated carbocycles. The molecular formula is C12H9NO5. The number of carbonyl (C=O) groups excluding carboxylic acids is 3. The van der Waals surface area contributed by atoms with Gasteiger partial charge < -0.3 is 9.47 Å². The predicted molar refractivity (Wildman–Crippen MR) is 60.4 cm³/mol. The number of rotatable bonds is 2. The molecule has 1 heterocycles. The highest BCUT2D eigenvalue weighted by Gasteiger charge is 2.25. The van der Waals surface area contributed by atoms with Crippen molar-refractivity contribution in [2.24, 2.45) is 0 Å². The molecule has 1 aromatic rings. The highest BCUT2D eigenvalue weighted by atomic mass is 16.6. The zero-order valence-corrected chi connectivity index (χ0v) is 9.43. The summed E-state index contributed by atoms with van der Waals surface area (Å²) in [5.41, 5.74) is 0.577. The Morgan fingerprint density at radius 1 is 1.39 bits per heavy atom. The molecule has 92 valence electrons. The molecular weight excluding hydrogens is 238 g/mol. The number of carbonyl (C=O) groups is 3. The fraction of sp³-hybridized carbons (Fsp3) is 0.0833. The molecule has 0 aromatic heterocycles. The van der Waals surface area contributed by atoms with Gasteiger partial charge in [-0.05, 0) is 23.8 Å². The summed E-state index contributed by atoms with van der Waals surface area (Å²) in [6.07, 6.45) is 0.579. The zero-order chi connectivity index (χ0) is 13.1. The highest BCUT2D eigenvalue weighted by Crippen LogP contribution is 2.18. The number of esters is 1. The summed E-state index contributed by atoms with van der Waals surface area (Å²) in [4.78, 5) is 32.8. The Hall–Kier alpha value is -2.63. The molecule has 0 radical (unpaired) electrons. The lowest BCUT2D eigenvalue weighted by molar-refractivity contribution is -0.131. The van der Waals surface area contributed by atoms with Crippen molar-refractivity contribution in [2.45, 2.75) is 6.92 Å². The maximum atomic E-state index is 11.2. The van der Waals surface area contributed by atoms with Crippen LogP contribution in [0.4, 0.5) is 4.79 Å². The Kier molecular flexibility index (Phi) is 3.09. The van der Waals surface area contributed by atoms with Crippen molar-refractivity contribution in [3.63, 3.8) is 0 Å². The molecule has 0 bridgehead atoms. The van der Waals surface area contributed by atoms with E-state index in [4.69, 9.17) is 4.74 Å². The Morgan fingerprint density at radius 2 is 2.17 bits per heavy atom. The summed E-state index contributed by atoms with van der Waals surface area (Å²) in [6.45, 7) is 1.29. The van der Waals surface area contributed by atoms with Crippen LogP contribution in [0.25, 0.3) is 6.08 Å². The van der Waals surface area contributed by atoms with E-state index in [1.165, 1.54) is 13.0 Å². The van der Waals surface area contributed by atoms with E-state index < -0.39 is 18.0 Å². The lowest BCUT2D eigenvalue weighted by atomic mass is 10.2. The van der Waals surface area contributed by atoms with Crippen LogP contribution in [0.3, 0.4) is 0 Å². The van der Waals surface area contributed by atoms with E-state index >= 15 is 0 Å². The molecule has 1 aromatic carbocycles. The van der Waals surface area contributed by atoms with Crippen molar-refractivity contribution in [1.82, 2.24) is 5.32 Å². The summed E-state index contributed by atoms with van der Waals surface area (Å²) in [7, 11) is 0. The van der Waals surface area contributed by atoms with E-state index in [1.807, 2.05) is 5.32 Å². The molecule has 2 amide bonds. The Balaban J connectivity index is 2.24. The van der Waals surface area contributed by atoms with Gasteiger partial charge in [0.1, 0.15) is 5.75 Å². The highest BCUT2D eigenvalue weighted by molar-refractivity contribution is 6.09. The SMILES string of the molecule is CC(=O)Oc1cccc(C=C2OC(=O)NC2=O)c1. The number of hydrogen-bond acceptors (Lipinski definition) is 5. The van der Waals surface area contributed by atoms with Gasteiger partial charge in [0.15, 0.2) is 5.76 Å². The van der Waals surface area contributed by atoms with Crippen LogP contribution < -0.4 is 10.1 Å². The van der Waals surface area contributed by atoms with E-state index in [0.29, 0.717) is 11.3 Å². The average Bonchev–Trinajstić information content (AvgIpc) is 2.57. The first-order valence-electron chi connectivity index (χ1n) is 5.08. The van der Waals surface area contributed by atoms with Gasteiger partial charge in [0.2, 0.25) is 0 Å². The van der Waals surface area contributed by atoms with Crippen LogP contribution >= 0.6 is 0 Å². The molecule has 6 heteroatoms. The van der Waals surface area contributed by atoms with E-state index in [0.717, 1.165) is 0 Å². The molecule has 0 atom stereocenters. The van der Waals surface area contributed by atoms with Crippen molar-refractivity contribution in [3.8, 4) is 5.75 Å². The normalized spacial score (nSPS) is 16.4. The minimum absolute atomic E-state index is 0.0972. The number of nitrogens with one attached hydrogen (secondary N) is 1. The van der Waals surface area contributed by atoms with E-state index in [9.17, 15) is 14.4 Å². The molecule has 0 aliphatic carbocycles. The van der Waals surface area contributed by atoms with Gasteiger partial charge in [0, 0.05) is 6.92 Å². The van der Waals surface area contributed by atoms with Gasteiger partial charge in [-0.2, -0.15) is 0 Å². The fourth-order valence-electron chi connectivity index (χ4n) is 1.41. The molecule has 0 spiro atoms. The molecule has 1 aliphatic rings. The van der Waals surface area contributed by atoms with Gasteiger partial charge in [-0.1, -0.05) is 12.1 Å². The number of hydrogen-bond donors (Lipinski definition) is 1. The third-order valence-corrected chi connectivity index (χ3v) is 2.06. The summed E-state index contributed by atoms with van der Waals surface area (Å²) < 4.78 is 9.54. The van der Waals surface area contributed by atoms with Crippen molar-refractivity contribution in [1.29, 1.82) is 0 Å². The van der Waals surface area contributed by atoms with Crippen molar-refractivity contribution in [2.75, 3.05) is 0 Å². The number of cyclic esters (lactones) is 1. The molecule has 1 fully saturated rings. The maximum absolute atomic E-state index is 11.2. The van der Waals surface area contributed by atoms with Crippen LogP contribution in [-0.2, 0) is 14.3 Å². The van der Waals surface area contributed by atoms with Crippen molar-refractivity contribution >= 4 is 24.0 Å². The van der Waals surface area contributed by atoms with E-state index in [2.05, 4.69) is 4.74 Å². The Labute approximate surface area is 102 Å². The molecule has 2 rings (SSSR count). The smallest absolute Gasteiger partial charge is 0.419 e. The second-order valence-corrected chi connectivity index (χ2v) is 3.52. The fourth-order valence-corrected chi connectivity index (χ4v) is 1.41. The summed E-state index contributed by atoms with van der Waals surface area (Å²) >= 11 is 0. The molecule has 18 heavy (non-hydrogen) atoms. The lowest BCUT2D eigenvalue weighted by Crippen LogP contribution is -2.18. The van der Waals surface area contributed by atoms with Gasteiger partial charge in [-0.25, -0.2) is 4.79 Å². The molecule has 1 aliphatic heterocycles. The first-order chi connectivity index (χ1) is 8.54. The van der Waals surface area contributed by atoms with Crippen molar-refractivity contribution in [3.05, 3.63) is 35.6 Å².